The molecule has 0 N–H and O–H groups in total. The highest BCUT2D eigenvalue weighted by molar-refractivity contribution is 5.70. The molecule has 586 valence electrons. The monoisotopic (exact) mass is 1400 g/mol. The minimum atomic E-state index is -1.62. The summed E-state index contributed by atoms with van der Waals surface area (Å²) in [5, 5.41) is 11.9. The Morgan fingerprint density at radius 2 is 0.570 bits per heavy atom. The molecule has 9 heteroatoms. The van der Waals surface area contributed by atoms with Gasteiger partial charge in [0.05, 0.1) is 40.3 Å². The van der Waals surface area contributed by atoms with Gasteiger partial charge in [0.1, 0.15) is 13.2 Å². The Labute approximate surface area is 622 Å². The van der Waals surface area contributed by atoms with E-state index in [1.54, 1.807) is 0 Å². The van der Waals surface area contributed by atoms with Crippen LogP contribution in [-0.4, -0.2) is 82.3 Å². The Morgan fingerprint density at radius 3 is 0.850 bits per heavy atom. The Kier molecular flexibility index (Phi) is 79.2. The van der Waals surface area contributed by atoms with Gasteiger partial charge in [-0.2, -0.15) is 0 Å². The Morgan fingerprint density at radius 1 is 0.310 bits per heavy atom. The molecule has 0 aliphatic heterocycles. The Bertz CT molecular complexity index is 1830. The minimum Gasteiger partial charge on any atom is -0.545 e. The molecule has 0 fully saturated rings. The molecular weight excluding hydrogens is 1230 g/mol. The van der Waals surface area contributed by atoms with Crippen molar-refractivity contribution in [1.29, 1.82) is 0 Å². The highest BCUT2D eigenvalue weighted by atomic mass is 16.7. The molecule has 0 spiro atoms. The van der Waals surface area contributed by atoms with Crippen molar-refractivity contribution in [2.45, 2.75) is 456 Å². The van der Waals surface area contributed by atoms with E-state index in [-0.39, 0.29) is 32.2 Å². The summed E-state index contributed by atoms with van der Waals surface area (Å²) in [6, 6.07) is 0. The molecule has 9 nitrogen and oxygen atoms in total. The van der Waals surface area contributed by atoms with E-state index in [4.69, 9.17) is 18.9 Å². The number of esters is 2. The van der Waals surface area contributed by atoms with Crippen LogP contribution in [0.25, 0.3) is 0 Å². The molecule has 0 aliphatic rings. The van der Waals surface area contributed by atoms with Gasteiger partial charge >= 0.3 is 11.9 Å². The van der Waals surface area contributed by atoms with Gasteiger partial charge in [-0.1, -0.05) is 434 Å². The summed E-state index contributed by atoms with van der Waals surface area (Å²) in [4.78, 5) is 37.7. The molecular formula is C91H169NO8. The lowest BCUT2D eigenvalue weighted by atomic mass is 10.0. The third kappa shape index (κ3) is 82.3. The Balaban J connectivity index is 3.91. The lowest BCUT2D eigenvalue weighted by Crippen LogP contribution is -2.44. The maximum Gasteiger partial charge on any atom is 0.306 e. The number of quaternary nitrogens is 1. The predicted molar refractivity (Wildman–Crippen MR) is 431 cm³/mol. The average molecular weight is 1410 g/mol. The minimum absolute atomic E-state index is 0.151. The van der Waals surface area contributed by atoms with Gasteiger partial charge < -0.3 is 33.3 Å². The van der Waals surface area contributed by atoms with Crippen LogP contribution in [0, 0.1) is 0 Å². The predicted octanol–water partition coefficient (Wildman–Crippen LogP) is 27.2. The van der Waals surface area contributed by atoms with Crippen molar-refractivity contribution in [2.75, 3.05) is 47.5 Å². The number of carboxylic acids is 1. The number of aliphatic carboxylic acids is 1. The van der Waals surface area contributed by atoms with Crippen LogP contribution in [0.15, 0.2) is 60.8 Å². The zero-order valence-corrected chi connectivity index (χ0v) is 67.3. The number of unbranched alkanes of at least 4 members (excludes halogenated alkanes) is 58. The summed E-state index contributed by atoms with van der Waals surface area (Å²) in [7, 11) is 5.96. The van der Waals surface area contributed by atoms with Crippen molar-refractivity contribution in [2.24, 2.45) is 0 Å². The topological polar surface area (TPSA) is 111 Å². The number of carboxylic acid groups (broad SMARTS) is 1. The van der Waals surface area contributed by atoms with E-state index in [1.807, 2.05) is 21.1 Å². The second kappa shape index (κ2) is 81.7. The summed E-state index contributed by atoms with van der Waals surface area (Å²) < 4.78 is 22.9. The average Bonchev–Trinajstić information content (AvgIpc) is 1.08. The number of likely N-dealkylation sites (N-methyl/N-ethyl adjacent to an activating group) is 1. The van der Waals surface area contributed by atoms with E-state index in [0.29, 0.717) is 17.4 Å². The number of carbonyl (C=O) groups excluding carboxylic acids is 3. The fraction of sp³-hybridized carbons (Fsp3) is 0.857. The van der Waals surface area contributed by atoms with E-state index in [9.17, 15) is 19.5 Å². The number of rotatable bonds is 83. The number of nitrogens with zero attached hydrogens (tertiary/aromatic N) is 1. The summed E-state index contributed by atoms with van der Waals surface area (Å²) in [5.41, 5.74) is 0. The van der Waals surface area contributed by atoms with Gasteiger partial charge in [0, 0.05) is 12.8 Å². The normalized spacial score (nSPS) is 12.8. The number of ether oxygens (including phenoxy) is 4. The quantitative estimate of drug-likeness (QED) is 0.0195. The molecule has 0 saturated carbocycles. The first kappa shape index (κ1) is 97.0. The lowest BCUT2D eigenvalue weighted by Gasteiger charge is -2.26. The molecule has 0 aromatic heterocycles. The van der Waals surface area contributed by atoms with Gasteiger partial charge in [0.15, 0.2) is 12.4 Å². The van der Waals surface area contributed by atoms with Crippen LogP contribution in [0.2, 0.25) is 0 Å². The van der Waals surface area contributed by atoms with E-state index in [2.05, 4.69) is 74.6 Å². The lowest BCUT2D eigenvalue weighted by molar-refractivity contribution is -0.870. The van der Waals surface area contributed by atoms with Gasteiger partial charge in [0.25, 0.3) is 0 Å². The third-order valence-electron chi connectivity index (χ3n) is 20.0. The number of hydrogen-bond acceptors (Lipinski definition) is 8. The van der Waals surface area contributed by atoms with Gasteiger partial charge in [-0.25, -0.2) is 0 Å². The summed E-state index contributed by atoms with van der Waals surface area (Å²) >= 11 is 0. The largest absolute Gasteiger partial charge is 0.545 e. The van der Waals surface area contributed by atoms with E-state index in [0.717, 1.165) is 70.6 Å². The number of allylic oxidation sites excluding steroid dienone is 10. The maximum atomic E-state index is 13.0. The van der Waals surface area contributed by atoms with E-state index < -0.39 is 24.3 Å². The molecule has 0 aromatic rings. The van der Waals surface area contributed by atoms with E-state index >= 15 is 0 Å². The fourth-order valence-corrected chi connectivity index (χ4v) is 13.4. The highest BCUT2D eigenvalue weighted by Crippen LogP contribution is 2.21. The van der Waals surface area contributed by atoms with Crippen LogP contribution in [0.5, 0.6) is 0 Å². The first-order valence-corrected chi connectivity index (χ1v) is 43.9. The molecule has 100 heavy (non-hydrogen) atoms. The van der Waals surface area contributed by atoms with Crippen molar-refractivity contribution in [3.8, 4) is 0 Å². The molecule has 2 unspecified atom stereocenters. The molecule has 0 aromatic carbocycles. The molecule has 0 bridgehead atoms. The second-order valence-corrected chi connectivity index (χ2v) is 31.2. The molecule has 0 radical (unpaired) electrons. The first-order chi connectivity index (χ1) is 49.1. The van der Waals surface area contributed by atoms with Crippen LogP contribution in [0.1, 0.15) is 444 Å². The van der Waals surface area contributed by atoms with Crippen molar-refractivity contribution in [1.82, 2.24) is 0 Å². The molecule has 0 aliphatic carbocycles. The van der Waals surface area contributed by atoms with Crippen LogP contribution in [0.3, 0.4) is 0 Å². The van der Waals surface area contributed by atoms with Crippen LogP contribution >= 0.6 is 0 Å². The summed E-state index contributed by atoms with van der Waals surface area (Å²) in [6.45, 7) is 4.72. The number of carbonyl (C=O) groups is 3. The summed E-state index contributed by atoms with van der Waals surface area (Å²) in [6.07, 6.45) is 107. The summed E-state index contributed by atoms with van der Waals surface area (Å²) in [5.74, 6) is -2.25. The van der Waals surface area contributed by atoms with Crippen LogP contribution in [0.4, 0.5) is 0 Å². The van der Waals surface area contributed by atoms with Gasteiger partial charge in [0.2, 0.25) is 0 Å². The third-order valence-corrected chi connectivity index (χ3v) is 20.0. The van der Waals surface area contributed by atoms with Crippen molar-refractivity contribution in [3.63, 3.8) is 0 Å². The number of hydrogen-bond donors (Lipinski definition) is 0. The highest BCUT2D eigenvalue weighted by Gasteiger charge is 2.22. The zero-order valence-electron chi connectivity index (χ0n) is 67.3. The van der Waals surface area contributed by atoms with Crippen molar-refractivity contribution in [3.05, 3.63) is 60.8 Å². The fourth-order valence-electron chi connectivity index (χ4n) is 13.4. The van der Waals surface area contributed by atoms with E-state index in [1.165, 1.54) is 347 Å². The van der Waals surface area contributed by atoms with Crippen molar-refractivity contribution < 1.29 is 42.9 Å². The first-order valence-electron chi connectivity index (χ1n) is 43.9. The smallest absolute Gasteiger partial charge is 0.306 e. The molecule has 0 saturated heterocycles. The SMILES string of the molecule is CC/C=C\C/C=C\C/C=C\C/C=C\C/C=C\CCCCCCCCCCCCCCCCCCCCCCCCCCCC(=O)OC(COC(=O)CCCCCCCCCCCCCCCCCCCCCCCCCCCCCCCCCCCC)COC(OCC[N+](C)(C)C)C(=O)[O-]. The molecule has 0 heterocycles. The van der Waals surface area contributed by atoms with Crippen LogP contribution in [-0.2, 0) is 33.3 Å². The van der Waals surface area contributed by atoms with Gasteiger partial charge in [-0.05, 0) is 57.8 Å². The zero-order chi connectivity index (χ0) is 72.5. The molecule has 0 amide bonds. The Hall–Kier alpha value is -3.01. The maximum absolute atomic E-state index is 13.0. The van der Waals surface area contributed by atoms with Crippen molar-refractivity contribution >= 4 is 17.9 Å². The van der Waals surface area contributed by atoms with Gasteiger partial charge in [-0.15, -0.1) is 0 Å². The van der Waals surface area contributed by atoms with Crippen LogP contribution < -0.4 is 5.11 Å². The van der Waals surface area contributed by atoms with Gasteiger partial charge in [-0.3, -0.25) is 9.59 Å². The molecule has 0 rings (SSSR count). The second-order valence-electron chi connectivity index (χ2n) is 31.2. The standard InChI is InChI=1S/C91H169NO8/c1-6-8-10-12-14-16-18-20-22-24-26-28-30-32-34-36-38-40-42-43-44-45-46-47-48-50-52-54-56-58-60-62-64-66-68-70-72-74-76-78-80-82-89(94)100-87(86-99-91(90(95)96)97-84-83-92(3,4)5)85-98-88(93)81-79-77-75-73-71-69-67-65-63-61-59-57-55-53-51-49-41-39-37-35-33-31-29-27-25-23-21-19-17-15-13-11-9-7-2/h8,10,14,16,20,22,26,28,32,34,87,91H,6-7,9,11-13,15,17-19,21,23-25,27,29-31,33,35-86H2,1-5H3/b10-8-,16-14-,22-20-,28-26-,34-32-. The molecule has 2 atom stereocenters.